The highest BCUT2D eigenvalue weighted by Gasteiger charge is 2.15. The molecule has 1 unspecified atom stereocenters. The van der Waals surface area contributed by atoms with Crippen molar-refractivity contribution < 1.29 is 4.74 Å². The molecule has 3 nitrogen and oxygen atoms in total. The van der Waals surface area contributed by atoms with Crippen LogP contribution >= 0.6 is 11.8 Å². The minimum absolute atomic E-state index is 0.596. The van der Waals surface area contributed by atoms with Crippen molar-refractivity contribution in [2.45, 2.75) is 12.5 Å². The first-order valence-electron chi connectivity index (χ1n) is 5.56. The lowest BCUT2D eigenvalue weighted by molar-refractivity contribution is 0.0704. The zero-order valence-electron chi connectivity index (χ0n) is 8.71. The van der Waals surface area contributed by atoms with E-state index in [1.54, 1.807) is 0 Å². The Bertz CT molecular complexity index is 138. The van der Waals surface area contributed by atoms with E-state index in [0.29, 0.717) is 6.04 Å². The fourth-order valence-corrected chi connectivity index (χ4v) is 2.95. The van der Waals surface area contributed by atoms with Gasteiger partial charge in [0.1, 0.15) is 0 Å². The van der Waals surface area contributed by atoms with Crippen molar-refractivity contribution >= 4 is 11.8 Å². The first-order valence-corrected chi connectivity index (χ1v) is 6.72. The number of thioether (sulfide) groups is 1. The first-order chi connectivity index (χ1) is 6.95. The Morgan fingerprint density at radius 3 is 2.93 bits per heavy atom. The van der Waals surface area contributed by atoms with E-state index in [1.165, 1.54) is 37.6 Å². The number of morpholine rings is 1. The molecule has 0 aromatic carbocycles. The van der Waals surface area contributed by atoms with Crippen LogP contribution in [0.3, 0.4) is 0 Å². The molecule has 0 spiro atoms. The van der Waals surface area contributed by atoms with Crippen LogP contribution in [0.15, 0.2) is 0 Å². The molecule has 0 aromatic heterocycles. The predicted molar refractivity (Wildman–Crippen MR) is 61.0 cm³/mol. The minimum Gasteiger partial charge on any atom is -0.379 e. The maximum atomic E-state index is 5.44. The molecule has 1 atom stereocenters. The van der Waals surface area contributed by atoms with Crippen LogP contribution in [0.1, 0.15) is 6.42 Å². The molecule has 0 saturated carbocycles. The van der Waals surface area contributed by atoms with Crippen LogP contribution in [-0.2, 0) is 4.74 Å². The zero-order chi connectivity index (χ0) is 9.64. The summed E-state index contributed by atoms with van der Waals surface area (Å²) in [6.07, 6.45) is 1.24. The van der Waals surface area contributed by atoms with E-state index in [0.717, 1.165) is 19.8 Å². The highest BCUT2D eigenvalue weighted by molar-refractivity contribution is 7.99. The van der Waals surface area contributed by atoms with Gasteiger partial charge in [-0.3, -0.25) is 0 Å². The van der Waals surface area contributed by atoms with E-state index < -0.39 is 0 Å². The van der Waals surface area contributed by atoms with Crippen LogP contribution < -0.4 is 5.32 Å². The Hall–Kier alpha value is 0.230. The van der Waals surface area contributed by atoms with Crippen LogP contribution in [0.2, 0.25) is 0 Å². The molecule has 0 amide bonds. The van der Waals surface area contributed by atoms with E-state index in [4.69, 9.17) is 4.74 Å². The van der Waals surface area contributed by atoms with Gasteiger partial charge in [-0.05, 0) is 13.0 Å². The average Bonchev–Trinajstić information content (AvgIpc) is 2.29. The van der Waals surface area contributed by atoms with E-state index >= 15 is 0 Å². The van der Waals surface area contributed by atoms with Crippen LogP contribution in [0, 0.1) is 0 Å². The molecule has 0 aromatic rings. The Morgan fingerprint density at radius 1 is 1.36 bits per heavy atom. The Kier molecular flexibility index (Phi) is 4.57. The van der Waals surface area contributed by atoms with E-state index in [-0.39, 0.29) is 0 Å². The molecular formula is C10H20N2OS. The molecule has 4 heteroatoms. The summed E-state index contributed by atoms with van der Waals surface area (Å²) in [5, 5.41) is 3.50. The number of hydrogen-bond acceptors (Lipinski definition) is 4. The Morgan fingerprint density at radius 2 is 2.21 bits per heavy atom. The van der Waals surface area contributed by atoms with Crippen molar-refractivity contribution in [3.63, 3.8) is 0 Å². The number of nitrogens with zero attached hydrogens (tertiary/aromatic N) is 1. The second-order valence-corrected chi connectivity index (χ2v) is 5.19. The van der Waals surface area contributed by atoms with E-state index in [1.807, 2.05) is 0 Å². The summed E-state index contributed by atoms with van der Waals surface area (Å²) in [7, 11) is 0. The Balaban J connectivity index is 1.60. The first kappa shape index (κ1) is 10.7. The number of nitrogens with one attached hydrogen (secondary N) is 1. The largest absolute Gasteiger partial charge is 0.379 e. The summed E-state index contributed by atoms with van der Waals surface area (Å²) in [5.41, 5.74) is 0. The van der Waals surface area contributed by atoms with Gasteiger partial charge in [0, 0.05) is 37.2 Å². The molecule has 1 N–H and O–H groups in total. The van der Waals surface area contributed by atoms with Gasteiger partial charge in [0.05, 0.1) is 13.2 Å². The van der Waals surface area contributed by atoms with Crippen molar-refractivity contribution in [3.8, 4) is 0 Å². The van der Waals surface area contributed by atoms with Gasteiger partial charge in [-0.2, -0.15) is 11.8 Å². The van der Waals surface area contributed by atoms with E-state index in [9.17, 15) is 0 Å². The molecule has 2 fully saturated rings. The Labute approximate surface area is 90.6 Å². The summed E-state index contributed by atoms with van der Waals surface area (Å²) < 4.78 is 5.44. The lowest BCUT2D eigenvalue weighted by Crippen LogP contribution is -2.44. The number of hydrogen-bond donors (Lipinski definition) is 1. The van der Waals surface area contributed by atoms with Gasteiger partial charge in [0.15, 0.2) is 0 Å². The summed E-state index contributed by atoms with van der Waals surface area (Å²) in [6, 6.07) is 0.596. The predicted octanol–water partition coefficient (Wildman–Crippen LogP) is 0.414. The quantitative estimate of drug-likeness (QED) is 0.739. The highest BCUT2D eigenvalue weighted by Crippen LogP contribution is 2.10. The fraction of sp³-hybridized carbons (Fsp3) is 1.00. The van der Waals surface area contributed by atoms with Gasteiger partial charge < -0.3 is 15.0 Å². The number of ether oxygens (including phenoxy) is 1. The molecule has 0 aliphatic carbocycles. The standard InChI is InChI=1S/C10H20N2OS/c1(10-9-13-6-2-11-10)3-12-4-7-14-8-5-12/h10-11H,1-9H2. The summed E-state index contributed by atoms with van der Waals surface area (Å²) >= 11 is 2.08. The smallest absolute Gasteiger partial charge is 0.0620 e. The number of rotatable bonds is 3. The van der Waals surface area contributed by atoms with Gasteiger partial charge >= 0.3 is 0 Å². The lowest BCUT2D eigenvalue weighted by Gasteiger charge is -2.29. The van der Waals surface area contributed by atoms with Gasteiger partial charge in [-0.1, -0.05) is 0 Å². The molecule has 14 heavy (non-hydrogen) atoms. The summed E-state index contributed by atoms with van der Waals surface area (Å²) in [6.45, 7) is 6.61. The fourth-order valence-electron chi connectivity index (χ4n) is 1.97. The van der Waals surface area contributed by atoms with Crippen LogP contribution in [0.4, 0.5) is 0 Å². The van der Waals surface area contributed by atoms with E-state index in [2.05, 4.69) is 22.0 Å². The second-order valence-electron chi connectivity index (χ2n) is 3.97. The SMILES string of the molecule is C1COCC(CCN2CCSCC2)N1. The molecule has 0 bridgehead atoms. The molecule has 2 rings (SSSR count). The zero-order valence-corrected chi connectivity index (χ0v) is 9.52. The van der Waals surface area contributed by atoms with Crippen LogP contribution in [0.25, 0.3) is 0 Å². The third-order valence-electron chi connectivity index (χ3n) is 2.90. The third kappa shape index (κ3) is 3.42. The lowest BCUT2D eigenvalue weighted by atomic mass is 10.2. The second kappa shape index (κ2) is 5.95. The maximum Gasteiger partial charge on any atom is 0.0620 e. The topological polar surface area (TPSA) is 24.5 Å². The van der Waals surface area contributed by atoms with Crippen molar-refractivity contribution in [2.24, 2.45) is 0 Å². The molecule has 82 valence electrons. The van der Waals surface area contributed by atoms with Gasteiger partial charge in [-0.15, -0.1) is 0 Å². The molecular weight excluding hydrogens is 196 g/mol. The highest BCUT2D eigenvalue weighted by atomic mass is 32.2. The van der Waals surface area contributed by atoms with Crippen LogP contribution in [0.5, 0.6) is 0 Å². The van der Waals surface area contributed by atoms with Gasteiger partial charge in [-0.25, -0.2) is 0 Å². The minimum atomic E-state index is 0.596. The maximum absolute atomic E-state index is 5.44. The summed E-state index contributed by atoms with van der Waals surface area (Å²) in [4.78, 5) is 2.58. The van der Waals surface area contributed by atoms with Crippen molar-refractivity contribution in [1.29, 1.82) is 0 Å². The van der Waals surface area contributed by atoms with Crippen molar-refractivity contribution in [3.05, 3.63) is 0 Å². The van der Waals surface area contributed by atoms with Crippen molar-refractivity contribution in [1.82, 2.24) is 10.2 Å². The van der Waals surface area contributed by atoms with Gasteiger partial charge in [0.2, 0.25) is 0 Å². The van der Waals surface area contributed by atoms with Crippen molar-refractivity contribution in [2.75, 3.05) is 50.9 Å². The van der Waals surface area contributed by atoms with Crippen LogP contribution in [-0.4, -0.2) is 61.8 Å². The molecule has 2 aliphatic rings. The molecule has 2 saturated heterocycles. The third-order valence-corrected chi connectivity index (χ3v) is 3.84. The normalized spacial score (nSPS) is 30.4. The average molecular weight is 216 g/mol. The molecule has 2 heterocycles. The molecule has 2 aliphatic heterocycles. The van der Waals surface area contributed by atoms with Gasteiger partial charge in [0.25, 0.3) is 0 Å². The molecule has 0 radical (unpaired) electrons. The monoisotopic (exact) mass is 216 g/mol. The summed E-state index contributed by atoms with van der Waals surface area (Å²) in [5.74, 6) is 2.63.